The highest BCUT2D eigenvalue weighted by Gasteiger charge is 2.20. The van der Waals surface area contributed by atoms with Crippen molar-refractivity contribution >= 4 is 0 Å². The van der Waals surface area contributed by atoms with Gasteiger partial charge in [-0.3, -0.25) is 0 Å². The van der Waals surface area contributed by atoms with Gasteiger partial charge in [-0.25, -0.2) is 0 Å². The summed E-state index contributed by atoms with van der Waals surface area (Å²) in [5, 5.41) is 9.99. The molecule has 88 valence electrons. The van der Waals surface area contributed by atoms with Gasteiger partial charge in [0.2, 0.25) is 0 Å². The van der Waals surface area contributed by atoms with E-state index in [1.807, 2.05) is 26.0 Å². The Bertz CT molecular complexity index is 346. The molecular formula is C14H20O2. The lowest BCUT2D eigenvalue weighted by molar-refractivity contribution is 0.0775. The first kappa shape index (κ1) is 11.6. The van der Waals surface area contributed by atoms with Gasteiger partial charge < -0.3 is 9.84 Å². The van der Waals surface area contributed by atoms with Crippen LogP contribution in [-0.2, 0) is 10.3 Å². The molecule has 0 spiro atoms. The average Bonchev–Trinajstić information content (AvgIpc) is 2.29. The molecule has 2 nitrogen and oxygen atoms in total. The smallest absolute Gasteiger partial charge is 0.0840 e. The molecule has 2 heteroatoms. The minimum Gasteiger partial charge on any atom is -0.386 e. The molecule has 16 heavy (non-hydrogen) atoms. The van der Waals surface area contributed by atoms with Crippen molar-refractivity contribution in [3.63, 3.8) is 0 Å². The van der Waals surface area contributed by atoms with Crippen molar-refractivity contribution in [1.29, 1.82) is 0 Å². The third-order valence-electron chi connectivity index (χ3n) is 3.29. The first-order valence-electron chi connectivity index (χ1n) is 5.98. The van der Waals surface area contributed by atoms with Crippen LogP contribution in [0.25, 0.3) is 0 Å². The Morgan fingerprint density at radius 2 is 1.94 bits per heavy atom. The second kappa shape index (κ2) is 4.56. The molecule has 0 bridgehead atoms. The highest BCUT2D eigenvalue weighted by atomic mass is 16.5. The monoisotopic (exact) mass is 220 g/mol. The zero-order valence-electron chi connectivity index (χ0n) is 10.1. The zero-order valence-corrected chi connectivity index (χ0v) is 10.1. The number of hydrogen-bond acceptors (Lipinski definition) is 2. The van der Waals surface area contributed by atoms with Crippen molar-refractivity contribution in [2.24, 2.45) is 0 Å². The zero-order chi connectivity index (χ0) is 11.6. The molecule has 0 aliphatic carbocycles. The summed E-state index contributed by atoms with van der Waals surface area (Å²) in [6.45, 7) is 5.38. The van der Waals surface area contributed by atoms with Crippen LogP contribution in [0.2, 0.25) is 0 Å². The minimum absolute atomic E-state index is 0.594. The summed E-state index contributed by atoms with van der Waals surface area (Å²) in [5.74, 6) is 0.594. The Balaban J connectivity index is 2.21. The van der Waals surface area contributed by atoms with E-state index in [0.29, 0.717) is 5.92 Å². The van der Waals surface area contributed by atoms with E-state index >= 15 is 0 Å². The maximum absolute atomic E-state index is 9.99. The molecule has 2 rings (SSSR count). The average molecular weight is 220 g/mol. The number of aliphatic hydroxyl groups is 1. The summed E-state index contributed by atoms with van der Waals surface area (Å²) in [5.41, 5.74) is 1.58. The van der Waals surface area contributed by atoms with E-state index in [1.54, 1.807) is 0 Å². The SMILES string of the molecule is CC(C)(O)c1cccc(C2CCOCC2)c1. The van der Waals surface area contributed by atoms with Crippen LogP contribution in [0.3, 0.4) is 0 Å². The molecule has 0 unspecified atom stereocenters. The van der Waals surface area contributed by atoms with E-state index in [4.69, 9.17) is 4.74 Å². The number of hydrogen-bond donors (Lipinski definition) is 1. The van der Waals surface area contributed by atoms with Crippen LogP contribution in [0, 0.1) is 0 Å². The van der Waals surface area contributed by atoms with Crippen molar-refractivity contribution in [2.45, 2.75) is 38.2 Å². The van der Waals surface area contributed by atoms with Crippen molar-refractivity contribution in [3.8, 4) is 0 Å². The quantitative estimate of drug-likeness (QED) is 0.830. The molecule has 1 fully saturated rings. The van der Waals surface area contributed by atoms with Crippen LogP contribution in [0.1, 0.15) is 43.7 Å². The summed E-state index contributed by atoms with van der Waals surface area (Å²) >= 11 is 0. The molecule has 0 aromatic heterocycles. The lowest BCUT2D eigenvalue weighted by atomic mass is 9.88. The van der Waals surface area contributed by atoms with E-state index in [9.17, 15) is 5.11 Å². The Morgan fingerprint density at radius 1 is 1.25 bits per heavy atom. The Hall–Kier alpha value is -0.860. The van der Waals surface area contributed by atoms with Crippen molar-refractivity contribution in [3.05, 3.63) is 35.4 Å². The van der Waals surface area contributed by atoms with E-state index in [1.165, 1.54) is 5.56 Å². The van der Waals surface area contributed by atoms with E-state index < -0.39 is 5.60 Å². The first-order valence-corrected chi connectivity index (χ1v) is 5.98. The van der Waals surface area contributed by atoms with Crippen LogP contribution in [0.15, 0.2) is 24.3 Å². The summed E-state index contributed by atoms with van der Waals surface area (Å²) < 4.78 is 5.37. The van der Waals surface area contributed by atoms with Crippen LogP contribution in [0.4, 0.5) is 0 Å². The number of ether oxygens (including phenoxy) is 1. The molecule has 1 aromatic rings. The third-order valence-corrected chi connectivity index (χ3v) is 3.29. The predicted octanol–water partition coefficient (Wildman–Crippen LogP) is 2.81. The maximum Gasteiger partial charge on any atom is 0.0840 e. The summed E-state index contributed by atoms with van der Waals surface area (Å²) in [7, 11) is 0. The fourth-order valence-corrected chi connectivity index (χ4v) is 2.20. The van der Waals surface area contributed by atoms with Gasteiger partial charge in [0.15, 0.2) is 0 Å². The molecule has 1 aliphatic rings. The normalized spacial score (nSPS) is 18.7. The largest absolute Gasteiger partial charge is 0.386 e. The second-order valence-electron chi connectivity index (χ2n) is 5.07. The summed E-state index contributed by atoms with van der Waals surface area (Å²) in [6.07, 6.45) is 2.19. The van der Waals surface area contributed by atoms with Crippen LogP contribution in [0.5, 0.6) is 0 Å². The number of rotatable bonds is 2. The Kier molecular flexibility index (Phi) is 3.31. The van der Waals surface area contributed by atoms with Gasteiger partial charge in [-0.2, -0.15) is 0 Å². The van der Waals surface area contributed by atoms with Crippen molar-refractivity contribution < 1.29 is 9.84 Å². The van der Waals surface area contributed by atoms with Crippen LogP contribution >= 0.6 is 0 Å². The van der Waals surface area contributed by atoms with Crippen molar-refractivity contribution in [1.82, 2.24) is 0 Å². The van der Waals surface area contributed by atoms with Gasteiger partial charge in [-0.1, -0.05) is 24.3 Å². The molecule has 1 saturated heterocycles. The minimum atomic E-state index is -0.749. The molecule has 0 atom stereocenters. The molecule has 0 amide bonds. The first-order chi connectivity index (χ1) is 7.57. The van der Waals surface area contributed by atoms with Crippen LogP contribution in [-0.4, -0.2) is 18.3 Å². The van der Waals surface area contributed by atoms with Gasteiger partial charge in [-0.05, 0) is 43.7 Å². The van der Waals surface area contributed by atoms with Crippen LogP contribution < -0.4 is 0 Å². The fraction of sp³-hybridized carbons (Fsp3) is 0.571. The lowest BCUT2D eigenvalue weighted by Gasteiger charge is -2.24. The molecule has 1 aliphatic heterocycles. The third kappa shape index (κ3) is 2.63. The molecular weight excluding hydrogens is 200 g/mol. The number of benzene rings is 1. The molecule has 0 radical (unpaired) electrons. The molecule has 0 saturated carbocycles. The standard InChI is InChI=1S/C14H20O2/c1-14(2,15)13-5-3-4-12(10-13)11-6-8-16-9-7-11/h3-5,10-11,15H,6-9H2,1-2H3. The highest BCUT2D eigenvalue weighted by Crippen LogP contribution is 2.29. The Labute approximate surface area is 97.3 Å². The lowest BCUT2D eigenvalue weighted by Crippen LogP contribution is -2.17. The maximum atomic E-state index is 9.99. The van der Waals surface area contributed by atoms with Gasteiger partial charge in [0, 0.05) is 13.2 Å². The van der Waals surface area contributed by atoms with E-state index in [2.05, 4.69) is 12.1 Å². The molecule has 1 heterocycles. The molecule has 1 N–H and O–H groups in total. The Morgan fingerprint density at radius 3 is 2.56 bits per heavy atom. The predicted molar refractivity (Wildman–Crippen MR) is 64.5 cm³/mol. The summed E-state index contributed by atoms with van der Waals surface area (Å²) in [4.78, 5) is 0. The van der Waals surface area contributed by atoms with Crippen molar-refractivity contribution in [2.75, 3.05) is 13.2 Å². The van der Waals surface area contributed by atoms with E-state index in [0.717, 1.165) is 31.6 Å². The van der Waals surface area contributed by atoms with Gasteiger partial charge in [-0.15, -0.1) is 0 Å². The summed E-state index contributed by atoms with van der Waals surface area (Å²) in [6, 6.07) is 8.32. The fourth-order valence-electron chi connectivity index (χ4n) is 2.20. The highest BCUT2D eigenvalue weighted by molar-refractivity contribution is 5.29. The van der Waals surface area contributed by atoms with Gasteiger partial charge >= 0.3 is 0 Å². The van der Waals surface area contributed by atoms with Gasteiger partial charge in [0.25, 0.3) is 0 Å². The van der Waals surface area contributed by atoms with Gasteiger partial charge in [0.05, 0.1) is 5.60 Å². The van der Waals surface area contributed by atoms with Gasteiger partial charge in [0.1, 0.15) is 0 Å². The topological polar surface area (TPSA) is 29.5 Å². The molecule has 1 aromatic carbocycles. The second-order valence-corrected chi connectivity index (χ2v) is 5.07. The van der Waals surface area contributed by atoms with E-state index in [-0.39, 0.29) is 0 Å².